The van der Waals surface area contributed by atoms with E-state index < -0.39 is 0 Å². The molecule has 0 amide bonds. The van der Waals surface area contributed by atoms with Crippen molar-refractivity contribution in [3.8, 4) is 0 Å². The largest absolute Gasteiger partial charge is 0.363 e. The highest BCUT2D eigenvalue weighted by molar-refractivity contribution is 5.45. The molecule has 128 valence electrons. The summed E-state index contributed by atoms with van der Waals surface area (Å²) in [6.45, 7) is 6.38. The van der Waals surface area contributed by atoms with Gasteiger partial charge in [0.25, 0.3) is 0 Å². The van der Waals surface area contributed by atoms with Gasteiger partial charge in [-0.2, -0.15) is 4.98 Å². The van der Waals surface area contributed by atoms with Crippen LogP contribution in [0.15, 0.2) is 30.3 Å². The fourth-order valence-electron chi connectivity index (χ4n) is 2.91. The van der Waals surface area contributed by atoms with Crippen LogP contribution in [0.4, 0.5) is 16.2 Å². The first-order valence-corrected chi connectivity index (χ1v) is 8.26. The number of rotatable bonds is 4. The van der Waals surface area contributed by atoms with Crippen molar-refractivity contribution in [3.05, 3.63) is 47.4 Å². The minimum atomic E-state index is -0.171. The summed E-state index contributed by atoms with van der Waals surface area (Å²) in [5.74, 6) is 1.55. The van der Waals surface area contributed by atoms with Gasteiger partial charge in [0.05, 0.1) is 0 Å². The highest BCUT2D eigenvalue weighted by Gasteiger charge is 2.20. The topological polar surface area (TPSA) is 35.5 Å². The van der Waals surface area contributed by atoms with Crippen LogP contribution < -0.4 is 9.80 Å². The quantitative estimate of drug-likeness (QED) is 0.860. The molecule has 2 aromatic rings. The Balaban J connectivity index is 1.63. The van der Waals surface area contributed by atoms with Gasteiger partial charge in [-0.05, 0) is 24.6 Å². The van der Waals surface area contributed by atoms with Crippen LogP contribution in [0.3, 0.4) is 0 Å². The number of halogens is 1. The summed E-state index contributed by atoms with van der Waals surface area (Å²) < 4.78 is 13.3. The van der Waals surface area contributed by atoms with E-state index in [0.717, 1.165) is 55.7 Å². The molecule has 0 bridgehead atoms. The van der Waals surface area contributed by atoms with E-state index in [2.05, 4.69) is 19.8 Å². The Kier molecular flexibility index (Phi) is 4.94. The van der Waals surface area contributed by atoms with Crippen molar-refractivity contribution in [2.45, 2.75) is 13.5 Å². The lowest BCUT2D eigenvalue weighted by Crippen LogP contribution is -2.46. The Morgan fingerprint density at radius 2 is 1.83 bits per heavy atom. The second-order valence-electron chi connectivity index (χ2n) is 6.46. The zero-order valence-electron chi connectivity index (χ0n) is 14.5. The monoisotopic (exact) mass is 329 g/mol. The Labute approximate surface area is 142 Å². The maximum atomic E-state index is 13.3. The van der Waals surface area contributed by atoms with Gasteiger partial charge in [0, 0.05) is 58.6 Å². The molecule has 2 heterocycles. The van der Waals surface area contributed by atoms with E-state index in [1.807, 2.05) is 38.1 Å². The van der Waals surface area contributed by atoms with E-state index in [1.54, 1.807) is 12.1 Å². The third-order valence-corrected chi connectivity index (χ3v) is 4.24. The molecule has 0 N–H and O–H groups in total. The molecule has 24 heavy (non-hydrogen) atoms. The summed E-state index contributed by atoms with van der Waals surface area (Å²) in [5.41, 5.74) is 2.00. The number of hydrogen-bond donors (Lipinski definition) is 0. The average Bonchev–Trinajstić information content (AvgIpc) is 2.55. The molecule has 1 aromatic heterocycles. The van der Waals surface area contributed by atoms with Crippen molar-refractivity contribution in [3.63, 3.8) is 0 Å². The summed E-state index contributed by atoms with van der Waals surface area (Å²) in [4.78, 5) is 15.8. The molecule has 5 nitrogen and oxygen atoms in total. The summed E-state index contributed by atoms with van der Waals surface area (Å²) in [5, 5.41) is 0. The molecule has 0 unspecified atom stereocenters. The minimum Gasteiger partial charge on any atom is -0.363 e. The molecule has 0 atom stereocenters. The van der Waals surface area contributed by atoms with Crippen LogP contribution in [0.1, 0.15) is 11.3 Å². The Hall–Kier alpha value is -2.21. The molecule has 6 heteroatoms. The van der Waals surface area contributed by atoms with Crippen LogP contribution in [-0.4, -0.2) is 55.1 Å². The summed E-state index contributed by atoms with van der Waals surface area (Å²) in [6, 6.07) is 8.83. The molecule has 0 saturated carbocycles. The first-order chi connectivity index (χ1) is 11.5. The van der Waals surface area contributed by atoms with E-state index in [-0.39, 0.29) is 5.82 Å². The van der Waals surface area contributed by atoms with E-state index in [0.29, 0.717) is 0 Å². The van der Waals surface area contributed by atoms with Crippen LogP contribution >= 0.6 is 0 Å². The lowest BCUT2D eigenvalue weighted by atomic mass is 10.2. The van der Waals surface area contributed by atoms with Crippen molar-refractivity contribution in [2.24, 2.45) is 0 Å². The second-order valence-corrected chi connectivity index (χ2v) is 6.46. The van der Waals surface area contributed by atoms with Gasteiger partial charge in [0.1, 0.15) is 11.6 Å². The molecular formula is C18H24FN5. The summed E-state index contributed by atoms with van der Waals surface area (Å²) in [6.07, 6.45) is 0. The van der Waals surface area contributed by atoms with E-state index in [9.17, 15) is 4.39 Å². The smallest absolute Gasteiger partial charge is 0.227 e. The molecule has 0 spiro atoms. The maximum absolute atomic E-state index is 13.3. The molecule has 0 aliphatic carbocycles. The fraction of sp³-hybridized carbons (Fsp3) is 0.444. The zero-order chi connectivity index (χ0) is 17.1. The molecule has 0 radical (unpaired) electrons. The third-order valence-electron chi connectivity index (χ3n) is 4.24. The number of anilines is 2. The standard InChI is InChI=1S/C18H24FN5/c1-14-11-17(22(2)3)21-18(20-14)24-9-7-23(8-10-24)13-15-5-4-6-16(19)12-15/h4-6,11-12H,7-10,13H2,1-3H3. The third kappa shape index (κ3) is 4.00. The summed E-state index contributed by atoms with van der Waals surface area (Å²) >= 11 is 0. The van der Waals surface area contributed by atoms with Crippen molar-refractivity contribution in [2.75, 3.05) is 50.1 Å². The molecule has 3 rings (SSSR count). The van der Waals surface area contributed by atoms with Crippen molar-refractivity contribution in [1.82, 2.24) is 14.9 Å². The highest BCUT2D eigenvalue weighted by atomic mass is 19.1. The number of aromatic nitrogens is 2. The van der Waals surface area contributed by atoms with Gasteiger partial charge in [-0.25, -0.2) is 9.37 Å². The lowest BCUT2D eigenvalue weighted by molar-refractivity contribution is 0.248. The normalized spacial score (nSPS) is 15.6. The first-order valence-electron chi connectivity index (χ1n) is 8.26. The second kappa shape index (κ2) is 7.13. The highest BCUT2D eigenvalue weighted by Crippen LogP contribution is 2.18. The van der Waals surface area contributed by atoms with E-state index in [4.69, 9.17) is 0 Å². The average molecular weight is 329 g/mol. The lowest BCUT2D eigenvalue weighted by Gasteiger charge is -2.35. The molecule has 1 aliphatic heterocycles. The van der Waals surface area contributed by atoms with Gasteiger partial charge < -0.3 is 9.80 Å². The zero-order valence-corrected chi connectivity index (χ0v) is 14.5. The predicted molar refractivity (Wildman–Crippen MR) is 95.0 cm³/mol. The summed E-state index contributed by atoms with van der Waals surface area (Å²) in [7, 11) is 3.98. The van der Waals surface area contributed by atoms with Crippen molar-refractivity contribution >= 4 is 11.8 Å². The van der Waals surface area contributed by atoms with Gasteiger partial charge in [-0.15, -0.1) is 0 Å². The van der Waals surface area contributed by atoms with Gasteiger partial charge in [0.15, 0.2) is 0 Å². The van der Waals surface area contributed by atoms with Gasteiger partial charge in [-0.1, -0.05) is 12.1 Å². The Morgan fingerprint density at radius 1 is 1.08 bits per heavy atom. The van der Waals surface area contributed by atoms with Gasteiger partial charge in [0.2, 0.25) is 5.95 Å². The minimum absolute atomic E-state index is 0.171. The van der Waals surface area contributed by atoms with Crippen molar-refractivity contribution < 1.29 is 4.39 Å². The van der Waals surface area contributed by atoms with E-state index >= 15 is 0 Å². The van der Waals surface area contributed by atoms with Crippen LogP contribution in [0.2, 0.25) is 0 Å². The molecular weight excluding hydrogens is 305 g/mol. The Bertz CT molecular complexity index is 696. The number of hydrogen-bond acceptors (Lipinski definition) is 5. The predicted octanol–water partition coefficient (Wildman–Crippen LogP) is 2.31. The van der Waals surface area contributed by atoms with Crippen LogP contribution in [0, 0.1) is 12.7 Å². The number of aryl methyl sites for hydroxylation is 1. The number of piperazine rings is 1. The SMILES string of the molecule is Cc1cc(N(C)C)nc(N2CCN(Cc3cccc(F)c3)CC2)n1. The van der Waals surface area contributed by atoms with Crippen LogP contribution in [0.5, 0.6) is 0 Å². The maximum Gasteiger partial charge on any atom is 0.227 e. The number of nitrogens with zero attached hydrogens (tertiary/aromatic N) is 5. The molecule has 1 aliphatic rings. The van der Waals surface area contributed by atoms with Crippen molar-refractivity contribution in [1.29, 1.82) is 0 Å². The molecule has 1 saturated heterocycles. The fourth-order valence-corrected chi connectivity index (χ4v) is 2.91. The van der Waals surface area contributed by atoms with Gasteiger partial charge in [-0.3, -0.25) is 4.90 Å². The molecule has 1 fully saturated rings. The Morgan fingerprint density at radius 3 is 2.50 bits per heavy atom. The van der Waals surface area contributed by atoms with E-state index in [1.165, 1.54) is 6.07 Å². The van der Waals surface area contributed by atoms with Crippen LogP contribution in [-0.2, 0) is 6.54 Å². The first kappa shape index (κ1) is 16.6. The van der Waals surface area contributed by atoms with Gasteiger partial charge >= 0.3 is 0 Å². The van der Waals surface area contributed by atoms with Crippen LogP contribution in [0.25, 0.3) is 0 Å². The molecule has 1 aromatic carbocycles. The number of benzene rings is 1.